The molecule has 0 saturated carbocycles. The quantitative estimate of drug-likeness (QED) is 0.378. The average molecular weight is 417 g/mol. The summed E-state index contributed by atoms with van der Waals surface area (Å²) in [5.41, 5.74) is 1.28. The fraction of sp³-hybridized carbons (Fsp3) is 0.708. The van der Waals surface area contributed by atoms with Crippen LogP contribution in [0.1, 0.15) is 56.4 Å². The summed E-state index contributed by atoms with van der Waals surface area (Å²) >= 11 is 0. The van der Waals surface area contributed by atoms with Gasteiger partial charge >= 0.3 is 0 Å². The van der Waals surface area contributed by atoms with Gasteiger partial charge in [-0.15, -0.1) is 0 Å². The number of methoxy groups -OCH3 is 2. The molecule has 1 unspecified atom stereocenters. The van der Waals surface area contributed by atoms with Crippen molar-refractivity contribution in [1.82, 2.24) is 15.1 Å². The van der Waals surface area contributed by atoms with E-state index < -0.39 is 0 Å². The molecule has 0 aromatic heterocycles. The molecule has 6 nitrogen and oxygen atoms in total. The number of benzene rings is 1. The number of likely N-dealkylation sites (tertiary alicyclic amines) is 2. The number of aliphatic imine (C=N–C) groups is 1. The molecule has 2 fully saturated rings. The molecule has 1 aromatic carbocycles. The molecule has 0 aliphatic carbocycles. The molecular weight excluding hydrogens is 376 g/mol. The number of hydrogen-bond donors (Lipinski definition) is 1. The Morgan fingerprint density at radius 1 is 1.00 bits per heavy atom. The van der Waals surface area contributed by atoms with Crippen molar-refractivity contribution in [3.8, 4) is 11.5 Å². The maximum atomic E-state index is 5.44. The second-order valence-corrected chi connectivity index (χ2v) is 8.51. The predicted molar refractivity (Wildman–Crippen MR) is 124 cm³/mol. The molecule has 0 radical (unpaired) electrons. The molecule has 30 heavy (non-hydrogen) atoms. The fourth-order valence-corrected chi connectivity index (χ4v) is 4.64. The third kappa shape index (κ3) is 6.53. The summed E-state index contributed by atoms with van der Waals surface area (Å²) in [4.78, 5) is 9.54. The summed E-state index contributed by atoms with van der Waals surface area (Å²) < 4.78 is 10.9. The Labute approximate surface area is 182 Å². The van der Waals surface area contributed by atoms with Crippen molar-refractivity contribution in [3.05, 3.63) is 23.8 Å². The topological polar surface area (TPSA) is 49.3 Å². The van der Waals surface area contributed by atoms with Gasteiger partial charge in [0.05, 0.1) is 14.2 Å². The SMILES string of the molecule is CN=C(NCCCCCN1CCCCC1)N1CCC(c2cc(OC)cc(OC)c2)C1. The van der Waals surface area contributed by atoms with Gasteiger partial charge in [-0.3, -0.25) is 4.99 Å². The van der Waals surface area contributed by atoms with Crippen LogP contribution in [0.2, 0.25) is 0 Å². The standard InChI is InChI=1S/C24H40N4O2/c1-25-24(26-11-6-4-7-12-27-13-8-5-9-14-27)28-15-10-20(19-28)21-16-22(29-2)18-23(17-21)30-3/h16-18,20H,4-15,19H2,1-3H3,(H,25,26). The van der Waals surface area contributed by atoms with Crippen LogP contribution in [0.5, 0.6) is 11.5 Å². The number of guanidine groups is 1. The molecule has 1 aromatic rings. The normalized spacial score (nSPS) is 20.4. The molecule has 0 bridgehead atoms. The van der Waals surface area contributed by atoms with Gasteiger partial charge in [0.2, 0.25) is 0 Å². The number of hydrogen-bond acceptors (Lipinski definition) is 4. The van der Waals surface area contributed by atoms with Gasteiger partial charge in [-0.25, -0.2) is 0 Å². The van der Waals surface area contributed by atoms with Crippen LogP contribution in [0.25, 0.3) is 0 Å². The second-order valence-electron chi connectivity index (χ2n) is 8.51. The molecule has 1 atom stereocenters. The van der Waals surface area contributed by atoms with Crippen molar-refractivity contribution in [3.63, 3.8) is 0 Å². The Bertz CT molecular complexity index is 651. The van der Waals surface area contributed by atoms with E-state index in [0.717, 1.165) is 43.5 Å². The third-order valence-corrected chi connectivity index (χ3v) is 6.43. The molecular formula is C24H40N4O2. The zero-order valence-corrected chi connectivity index (χ0v) is 19.2. The average Bonchev–Trinajstić information content (AvgIpc) is 3.29. The van der Waals surface area contributed by atoms with Crippen LogP contribution in [-0.4, -0.2) is 76.3 Å². The number of rotatable bonds is 9. The Kier molecular flexibility index (Phi) is 9.12. The van der Waals surface area contributed by atoms with Gasteiger partial charge in [-0.2, -0.15) is 0 Å². The Hall–Kier alpha value is -1.95. The molecule has 2 heterocycles. The van der Waals surface area contributed by atoms with Gasteiger partial charge in [0.25, 0.3) is 0 Å². The number of unbranched alkanes of at least 4 members (excludes halogenated alkanes) is 2. The summed E-state index contributed by atoms with van der Waals surface area (Å²) in [7, 11) is 5.30. The largest absolute Gasteiger partial charge is 0.497 e. The third-order valence-electron chi connectivity index (χ3n) is 6.43. The van der Waals surface area contributed by atoms with E-state index in [1.54, 1.807) is 14.2 Å². The van der Waals surface area contributed by atoms with E-state index in [1.807, 2.05) is 13.1 Å². The first-order chi connectivity index (χ1) is 14.7. The van der Waals surface area contributed by atoms with E-state index >= 15 is 0 Å². The maximum Gasteiger partial charge on any atom is 0.193 e. The lowest BCUT2D eigenvalue weighted by Gasteiger charge is -2.26. The van der Waals surface area contributed by atoms with Crippen molar-refractivity contribution < 1.29 is 9.47 Å². The van der Waals surface area contributed by atoms with E-state index in [-0.39, 0.29) is 0 Å². The van der Waals surface area contributed by atoms with Crippen LogP contribution in [0, 0.1) is 0 Å². The van der Waals surface area contributed by atoms with Crippen molar-refractivity contribution in [2.24, 2.45) is 4.99 Å². The molecule has 2 saturated heterocycles. The number of piperidine rings is 1. The highest BCUT2D eigenvalue weighted by molar-refractivity contribution is 5.80. The van der Waals surface area contributed by atoms with Gasteiger partial charge < -0.3 is 24.6 Å². The molecule has 168 valence electrons. The number of nitrogens with zero attached hydrogens (tertiary/aromatic N) is 3. The highest BCUT2D eigenvalue weighted by atomic mass is 16.5. The highest BCUT2D eigenvalue weighted by Crippen LogP contribution is 2.32. The molecule has 2 aliphatic heterocycles. The van der Waals surface area contributed by atoms with E-state index in [0.29, 0.717) is 5.92 Å². The summed E-state index contributed by atoms with van der Waals surface area (Å²) in [6.45, 7) is 6.89. The van der Waals surface area contributed by atoms with Gasteiger partial charge in [-0.1, -0.05) is 12.8 Å². The maximum absolute atomic E-state index is 5.44. The lowest BCUT2D eigenvalue weighted by Crippen LogP contribution is -2.40. The zero-order chi connectivity index (χ0) is 21.2. The van der Waals surface area contributed by atoms with Gasteiger partial charge in [0.15, 0.2) is 5.96 Å². The van der Waals surface area contributed by atoms with Crippen LogP contribution in [-0.2, 0) is 0 Å². The van der Waals surface area contributed by atoms with Crippen LogP contribution in [0.3, 0.4) is 0 Å². The first kappa shape index (κ1) is 22.7. The Morgan fingerprint density at radius 3 is 2.40 bits per heavy atom. The van der Waals surface area contributed by atoms with Crippen molar-refractivity contribution in [1.29, 1.82) is 0 Å². The van der Waals surface area contributed by atoms with Crippen LogP contribution in [0.15, 0.2) is 23.2 Å². The van der Waals surface area contributed by atoms with Gasteiger partial charge in [0, 0.05) is 38.7 Å². The highest BCUT2D eigenvalue weighted by Gasteiger charge is 2.26. The molecule has 2 aliphatic rings. The lowest BCUT2D eigenvalue weighted by molar-refractivity contribution is 0.224. The summed E-state index contributed by atoms with van der Waals surface area (Å²) in [5, 5.41) is 3.58. The molecule has 1 N–H and O–H groups in total. The van der Waals surface area contributed by atoms with E-state index in [4.69, 9.17) is 9.47 Å². The van der Waals surface area contributed by atoms with Crippen LogP contribution in [0.4, 0.5) is 0 Å². The number of nitrogens with one attached hydrogen (secondary N) is 1. The number of ether oxygens (including phenoxy) is 2. The smallest absolute Gasteiger partial charge is 0.193 e. The summed E-state index contributed by atoms with van der Waals surface area (Å²) in [6.07, 6.45) is 9.11. The Morgan fingerprint density at radius 2 is 1.73 bits per heavy atom. The minimum atomic E-state index is 0.470. The van der Waals surface area contributed by atoms with E-state index in [1.165, 1.54) is 63.7 Å². The van der Waals surface area contributed by atoms with E-state index in [9.17, 15) is 0 Å². The predicted octanol–water partition coefficient (Wildman–Crippen LogP) is 3.72. The summed E-state index contributed by atoms with van der Waals surface area (Å²) in [5.74, 6) is 3.21. The van der Waals surface area contributed by atoms with Crippen molar-refractivity contribution in [2.75, 3.05) is 60.5 Å². The Balaban J connectivity index is 1.40. The molecule has 6 heteroatoms. The van der Waals surface area contributed by atoms with E-state index in [2.05, 4.69) is 32.2 Å². The van der Waals surface area contributed by atoms with Crippen molar-refractivity contribution >= 4 is 5.96 Å². The first-order valence-electron chi connectivity index (χ1n) is 11.6. The first-order valence-corrected chi connectivity index (χ1v) is 11.6. The minimum Gasteiger partial charge on any atom is -0.497 e. The molecule has 0 spiro atoms. The minimum absolute atomic E-state index is 0.470. The van der Waals surface area contributed by atoms with Gasteiger partial charge in [0.1, 0.15) is 11.5 Å². The van der Waals surface area contributed by atoms with Crippen LogP contribution < -0.4 is 14.8 Å². The summed E-state index contributed by atoms with van der Waals surface area (Å²) in [6, 6.07) is 6.20. The monoisotopic (exact) mass is 416 g/mol. The van der Waals surface area contributed by atoms with Gasteiger partial charge in [-0.05, 0) is 69.4 Å². The van der Waals surface area contributed by atoms with Crippen LogP contribution >= 0.6 is 0 Å². The lowest BCUT2D eigenvalue weighted by atomic mass is 9.98. The molecule has 3 rings (SSSR count). The fourth-order valence-electron chi connectivity index (χ4n) is 4.64. The zero-order valence-electron chi connectivity index (χ0n) is 19.2. The second kappa shape index (κ2) is 12.0. The van der Waals surface area contributed by atoms with Crippen molar-refractivity contribution in [2.45, 2.75) is 50.9 Å². The molecule has 0 amide bonds.